The van der Waals surface area contributed by atoms with Crippen LogP contribution in [0.4, 0.5) is 4.79 Å². The molecule has 2 atom stereocenters. The Bertz CT molecular complexity index is 871. The van der Waals surface area contributed by atoms with E-state index in [1.54, 1.807) is 6.20 Å². The first-order valence-electron chi connectivity index (χ1n) is 7.78. The summed E-state index contributed by atoms with van der Waals surface area (Å²) < 4.78 is 36.8. The van der Waals surface area contributed by atoms with E-state index in [9.17, 15) is 13.2 Å². The quantitative estimate of drug-likeness (QED) is 0.555. The van der Waals surface area contributed by atoms with Gasteiger partial charge >= 0.3 is 6.09 Å². The van der Waals surface area contributed by atoms with E-state index in [0.29, 0.717) is 13.0 Å². The zero-order valence-corrected chi connectivity index (χ0v) is 14.6. The molecule has 25 heavy (non-hydrogen) atoms. The first kappa shape index (κ1) is 17.5. The highest BCUT2D eigenvalue weighted by Crippen LogP contribution is 2.24. The normalized spacial score (nSPS) is 20.9. The van der Waals surface area contributed by atoms with Gasteiger partial charge in [-0.25, -0.2) is 14.3 Å². The number of carbonyl (C=O) groups is 1. The Morgan fingerprint density at radius 3 is 3.00 bits per heavy atom. The van der Waals surface area contributed by atoms with Crippen molar-refractivity contribution >= 4 is 21.9 Å². The van der Waals surface area contributed by atoms with E-state index >= 15 is 0 Å². The predicted octanol–water partition coefficient (Wildman–Crippen LogP) is 0.877. The lowest BCUT2D eigenvalue weighted by Crippen LogP contribution is -2.39. The van der Waals surface area contributed by atoms with Gasteiger partial charge in [-0.3, -0.25) is 8.86 Å². The number of aromatic nitrogens is 3. The number of hydrogen-bond donors (Lipinski definition) is 0. The van der Waals surface area contributed by atoms with Crippen LogP contribution in [0.1, 0.15) is 6.42 Å². The Morgan fingerprint density at radius 1 is 1.48 bits per heavy atom. The fourth-order valence-electron chi connectivity index (χ4n) is 3.03. The van der Waals surface area contributed by atoms with E-state index in [1.807, 2.05) is 27.7 Å². The average molecular weight is 368 g/mol. The fraction of sp³-hybridized carbons (Fsp3) is 0.467. The van der Waals surface area contributed by atoms with Gasteiger partial charge in [-0.05, 0) is 6.42 Å². The summed E-state index contributed by atoms with van der Waals surface area (Å²) in [6.45, 7) is 4.23. The molecule has 1 aliphatic rings. The van der Waals surface area contributed by atoms with Crippen molar-refractivity contribution in [1.82, 2.24) is 19.1 Å². The molecule has 0 radical (unpaired) electrons. The third-order valence-electron chi connectivity index (χ3n) is 3.97. The maximum Gasteiger partial charge on any atom is 0.410 e. The number of nitrogens with zero attached hydrogens (tertiary/aromatic N) is 4. The lowest BCUT2D eigenvalue weighted by molar-refractivity contribution is 0.101. The van der Waals surface area contributed by atoms with Crippen molar-refractivity contribution in [3.63, 3.8) is 0 Å². The van der Waals surface area contributed by atoms with Crippen molar-refractivity contribution in [1.29, 1.82) is 0 Å². The van der Waals surface area contributed by atoms with Gasteiger partial charge in [0.1, 0.15) is 6.61 Å². The van der Waals surface area contributed by atoms with Crippen LogP contribution >= 0.6 is 0 Å². The Morgan fingerprint density at radius 2 is 2.28 bits per heavy atom. The number of carbonyl (C=O) groups excluding carboxylic acids is 1. The van der Waals surface area contributed by atoms with Crippen molar-refractivity contribution in [3.05, 3.63) is 37.3 Å². The van der Waals surface area contributed by atoms with Crippen LogP contribution in [0.15, 0.2) is 37.3 Å². The fourth-order valence-corrected chi connectivity index (χ4v) is 3.67. The summed E-state index contributed by atoms with van der Waals surface area (Å²) in [5.74, 6) is 0. The highest BCUT2D eigenvalue weighted by atomic mass is 32.2. The first-order chi connectivity index (χ1) is 11.9. The summed E-state index contributed by atoms with van der Waals surface area (Å²) in [6.07, 6.45) is 7.13. The van der Waals surface area contributed by atoms with Crippen molar-refractivity contribution in [2.24, 2.45) is 0 Å². The van der Waals surface area contributed by atoms with Crippen molar-refractivity contribution in [2.75, 3.05) is 19.4 Å². The number of rotatable bonds is 6. The molecule has 0 bridgehead atoms. The minimum Gasteiger partial charge on any atom is -0.445 e. The predicted molar refractivity (Wildman–Crippen MR) is 89.6 cm³/mol. The molecular weight excluding hydrogens is 348 g/mol. The van der Waals surface area contributed by atoms with Gasteiger partial charge in [0.15, 0.2) is 5.65 Å². The largest absolute Gasteiger partial charge is 0.445 e. The van der Waals surface area contributed by atoms with E-state index < -0.39 is 22.3 Å². The molecule has 2 aromatic rings. The Hall–Kier alpha value is -2.33. The lowest BCUT2D eigenvalue weighted by Gasteiger charge is -2.24. The first-order valence-corrected chi connectivity index (χ1v) is 9.60. The zero-order chi connectivity index (χ0) is 18.0. The lowest BCUT2D eigenvalue weighted by atomic mass is 10.2. The van der Waals surface area contributed by atoms with Crippen LogP contribution < -0.4 is 0 Å². The van der Waals surface area contributed by atoms with E-state index in [-0.39, 0.29) is 19.2 Å². The van der Waals surface area contributed by atoms with E-state index in [0.717, 1.165) is 11.9 Å². The minimum atomic E-state index is -3.60. The summed E-state index contributed by atoms with van der Waals surface area (Å²) >= 11 is 0. The summed E-state index contributed by atoms with van der Waals surface area (Å²) in [6, 6.07) is 1.60. The van der Waals surface area contributed by atoms with Crippen molar-refractivity contribution in [2.45, 2.75) is 25.1 Å². The molecule has 1 fully saturated rings. The number of imidazole rings is 1. The topological polar surface area (TPSA) is 95.1 Å². The highest BCUT2D eigenvalue weighted by molar-refractivity contribution is 7.86. The molecule has 1 amide bonds. The van der Waals surface area contributed by atoms with Crippen LogP contribution in [0.2, 0.25) is 0 Å². The van der Waals surface area contributed by atoms with Crippen molar-refractivity contribution < 1.29 is 22.1 Å². The van der Waals surface area contributed by atoms with E-state index in [4.69, 9.17) is 8.92 Å². The van der Waals surface area contributed by atoms with Gasteiger partial charge in [0.25, 0.3) is 10.1 Å². The second-order valence-corrected chi connectivity index (χ2v) is 7.50. The maximum absolute atomic E-state index is 12.3. The van der Waals surface area contributed by atoms with Crippen LogP contribution in [0, 0.1) is 0 Å². The maximum atomic E-state index is 12.3. The summed E-state index contributed by atoms with van der Waals surface area (Å²) in [4.78, 5) is 18.0. The number of likely N-dealkylation sites (tertiary alicyclic amines) is 1. The molecule has 2 aromatic heterocycles. The Kier molecular flexibility index (Phi) is 4.82. The molecule has 3 heterocycles. The van der Waals surface area contributed by atoms with Crippen LogP contribution in [-0.4, -0.2) is 65.1 Å². The number of ether oxygens (including phenoxy) is 1. The van der Waals surface area contributed by atoms with Gasteiger partial charge in [0, 0.05) is 24.7 Å². The van der Waals surface area contributed by atoms with Gasteiger partial charge in [0.05, 0.1) is 31.5 Å². The van der Waals surface area contributed by atoms with Gasteiger partial charge < -0.3 is 9.64 Å². The molecular formula is C15H20N4O5S. The number of fused-ring (bicyclic) bond motifs is 1. The third-order valence-corrected chi connectivity index (χ3v) is 4.59. The monoisotopic (exact) mass is 368 g/mol. The summed E-state index contributed by atoms with van der Waals surface area (Å²) in [5, 5.41) is 0. The van der Waals surface area contributed by atoms with Gasteiger partial charge in [0.2, 0.25) is 0 Å². The van der Waals surface area contributed by atoms with Crippen LogP contribution in [0.25, 0.3) is 5.65 Å². The van der Waals surface area contributed by atoms with Crippen LogP contribution in [-0.2, 0) is 25.6 Å². The summed E-state index contributed by atoms with van der Waals surface area (Å²) in [7, 11) is -3.60. The van der Waals surface area contributed by atoms with Gasteiger partial charge in [-0.15, -0.1) is 0 Å². The molecule has 0 unspecified atom stereocenters. The Balaban J connectivity index is 1.78. The van der Waals surface area contributed by atoms with E-state index in [2.05, 4.69) is 11.6 Å². The standard InChI is InChI=1S/C15H20N4O5S/c1-3-8-23-15(20)18-11-13(24-25(2,21)22)9-12(18)10-17-6-4-14-16-5-7-19(14)17/h3-7,12-13H,1,8-11H2,2H3/t12-,13+/m0/s1. The molecule has 10 heteroatoms. The van der Waals surface area contributed by atoms with E-state index in [1.165, 1.54) is 11.0 Å². The molecule has 136 valence electrons. The van der Waals surface area contributed by atoms with Crippen molar-refractivity contribution in [3.8, 4) is 0 Å². The summed E-state index contributed by atoms with van der Waals surface area (Å²) in [5.41, 5.74) is 0.794. The second-order valence-electron chi connectivity index (χ2n) is 5.90. The second kappa shape index (κ2) is 6.89. The minimum absolute atomic E-state index is 0.0922. The SMILES string of the molecule is C=CCOC(=O)N1C[C@H](OS(C)(=O)=O)C[C@H]1Cn1ccc2nccn21. The van der Waals surface area contributed by atoms with Gasteiger partial charge in [-0.2, -0.15) is 8.42 Å². The zero-order valence-electron chi connectivity index (χ0n) is 13.8. The molecule has 0 aliphatic carbocycles. The Labute approximate surface area is 145 Å². The van der Waals surface area contributed by atoms with Gasteiger partial charge in [-0.1, -0.05) is 12.7 Å². The average Bonchev–Trinajstić information content (AvgIpc) is 3.21. The molecule has 0 saturated carbocycles. The number of hydrogen-bond acceptors (Lipinski definition) is 6. The molecule has 0 aromatic carbocycles. The molecule has 3 rings (SSSR count). The third kappa shape index (κ3) is 4.02. The highest BCUT2D eigenvalue weighted by Gasteiger charge is 2.38. The smallest absolute Gasteiger partial charge is 0.410 e. The molecule has 0 N–H and O–H groups in total. The number of amides is 1. The molecule has 9 nitrogen and oxygen atoms in total. The molecule has 0 spiro atoms. The molecule has 1 aliphatic heterocycles. The van der Waals surface area contributed by atoms with Crippen LogP contribution in [0.3, 0.4) is 0 Å². The molecule has 1 saturated heterocycles. The van der Waals surface area contributed by atoms with Crippen LogP contribution in [0.5, 0.6) is 0 Å².